The van der Waals surface area contributed by atoms with Crippen LogP contribution in [0.15, 0.2) is 45.9 Å². The summed E-state index contributed by atoms with van der Waals surface area (Å²) in [5.41, 5.74) is 8.59. The van der Waals surface area contributed by atoms with Gasteiger partial charge in [-0.1, -0.05) is 23.7 Å². The molecule has 1 aromatic carbocycles. The van der Waals surface area contributed by atoms with Crippen LogP contribution in [0.1, 0.15) is 5.76 Å². The summed E-state index contributed by atoms with van der Waals surface area (Å²) >= 11 is 10.5. The van der Waals surface area contributed by atoms with Gasteiger partial charge >= 0.3 is 0 Å². The molecule has 2 rings (SSSR count). The molecule has 1 heterocycles. The lowest BCUT2D eigenvalue weighted by atomic mass is 10.2. The topological polar surface area (TPSA) is 63.5 Å². The molecule has 0 unspecified atom stereocenters. The van der Waals surface area contributed by atoms with Crippen molar-refractivity contribution in [1.82, 2.24) is 5.43 Å². The molecule has 1 aromatic heterocycles. The molecule has 0 saturated heterocycles. The second-order valence-corrected chi connectivity index (χ2v) is 4.32. The van der Waals surface area contributed by atoms with E-state index < -0.39 is 0 Å². The van der Waals surface area contributed by atoms with Gasteiger partial charge in [0.05, 0.1) is 6.21 Å². The van der Waals surface area contributed by atoms with Crippen molar-refractivity contribution in [2.24, 2.45) is 10.8 Å². The van der Waals surface area contributed by atoms with Gasteiger partial charge in [-0.2, -0.15) is 5.10 Å². The number of rotatable bonds is 3. The van der Waals surface area contributed by atoms with E-state index in [2.05, 4.69) is 22.7 Å². The first kappa shape index (κ1) is 12.6. The summed E-state index contributed by atoms with van der Waals surface area (Å²) in [6, 6.07) is 11.0. The highest BCUT2D eigenvalue weighted by atomic mass is 35.5. The normalized spacial score (nSPS) is 10.7. The van der Waals surface area contributed by atoms with Crippen LogP contribution >= 0.6 is 23.8 Å². The number of furan rings is 1. The molecule has 0 aliphatic carbocycles. The minimum Gasteiger partial charge on any atom is -0.455 e. The molecule has 0 atom stereocenters. The van der Waals surface area contributed by atoms with Crippen molar-refractivity contribution in [3.63, 3.8) is 0 Å². The summed E-state index contributed by atoms with van der Waals surface area (Å²) in [7, 11) is 0. The average molecular weight is 280 g/mol. The van der Waals surface area contributed by atoms with E-state index in [1.807, 2.05) is 30.3 Å². The maximum atomic E-state index is 5.91. The molecule has 0 radical (unpaired) electrons. The average Bonchev–Trinajstić information content (AvgIpc) is 2.77. The van der Waals surface area contributed by atoms with E-state index in [1.54, 1.807) is 6.07 Å². The smallest absolute Gasteiger partial charge is 0.184 e. The van der Waals surface area contributed by atoms with Crippen LogP contribution < -0.4 is 11.2 Å². The third-order valence-electron chi connectivity index (χ3n) is 2.10. The highest BCUT2D eigenvalue weighted by molar-refractivity contribution is 7.80. The van der Waals surface area contributed by atoms with Gasteiger partial charge in [-0.3, -0.25) is 5.43 Å². The van der Waals surface area contributed by atoms with Crippen molar-refractivity contribution in [2.75, 3.05) is 0 Å². The molecule has 3 N–H and O–H groups in total. The Balaban J connectivity index is 2.15. The van der Waals surface area contributed by atoms with Gasteiger partial charge in [0.1, 0.15) is 11.5 Å². The zero-order valence-electron chi connectivity index (χ0n) is 9.26. The van der Waals surface area contributed by atoms with Gasteiger partial charge in [-0.05, 0) is 36.5 Å². The van der Waals surface area contributed by atoms with Crippen LogP contribution in [0.4, 0.5) is 0 Å². The molecular formula is C12H10ClN3OS. The Morgan fingerprint density at radius 3 is 2.94 bits per heavy atom. The number of hydrogen-bond donors (Lipinski definition) is 2. The van der Waals surface area contributed by atoms with Crippen LogP contribution in [0.25, 0.3) is 11.3 Å². The van der Waals surface area contributed by atoms with E-state index in [-0.39, 0.29) is 5.11 Å². The zero-order valence-corrected chi connectivity index (χ0v) is 10.8. The van der Waals surface area contributed by atoms with Crippen molar-refractivity contribution in [2.45, 2.75) is 0 Å². The second-order valence-electron chi connectivity index (χ2n) is 3.45. The molecule has 0 fully saturated rings. The van der Waals surface area contributed by atoms with Crippen LogP contribution in [0.2, 0.25) is 5.02 Å². The summed E-state index contributed by atoms with van der Waals surface area (Å²) in [6.45, 7) is 0. The Labute approximate surface area is 114 Å². The van der Waals surface area contributed by atoms with Crippen LogP contribution in [0.5, 0.6) is 0 Å². The SMILES string of the molecule is NC(=S)N/N=C/c1ccc(-c2cccc(Cl)c2)o1. The minimum absolute atomic E-state index is 0.105. The first-order valence-electron chi connectivity index (χ1n) is 5.09. The lowest BCUT2D eigenvalue weighted by molar-refractivity contribution is 0.574. The molecule has 0 aliphatic rings. The Morgan fingerprint density at radius 2 is 2.22 bits per heavy atom. The number of halogens is 1. The predicted molar refractivity (Wildman–Crippen MR) is 76.7 cm³/mol. The van der Waals surface area contributed by atoms with Gasteiger partial charge in [0.2, 0.25) is 0 Å². The van der Waals surface area contributed by atoms with Gasteiger partial charge in [-0.15, -0.1) is 0 Å². The molecule has 4 nitrogen and oxygen atoms in total. The third-order valence-corrected chi connectivity index (χ3v) is 2.43. The number of benzene rings is 1. The van der Waals surface area contributed by atoms with Crippen LogP contribution in [0, 0.1) is 0 Å². The van der Waals surface area contributed by atoms with E-state index in [0.29, 0.717) is 16.5 Å². The second kappa shape index (κ2) is 5.66. The molecule has 18 heavy (non-hydrogen) atoms. The fraction of sp³-hybridized carbons (Fsp3) is 0. The lowest BCUT2D eigenvalue weighted by Gasteiger charge is -1.97. The summed E-state index contributed by atoms with van der Waals surface area (Å²) in [5.74, 6) is 1.31. The number of hydrazone groups is 1. The van der Waals surface area contributed by atoms with Crippen molar-refractivity contribution in [3.05, 3.63) is 47.2 Å². The Hall–Kier alpha value is -1.85. The fourth-order valence-corrected chi connectivity index (χ4v) is 1.62. The van der Waals surface area contributed by atoms with Crippen molar-refractivity contribution < 1.29 is 4.42 Å². The summed E-state index contributed by atoms with van der Waals surface area (Å²) < 4.78 is 5.57. The van der Waals surface area contributed by atoms with E-state index >= 15 is 0 Å². The molecular weight excluding hydrogens is 270 g/mol. The summed E-state index contributed by atoms with van der Waals surface area (Å²) in [5, 5.41) is 4.57. The van der Waals surface area contributed by atoms with E-state index in [4.69, 9.17) is 21.8 Å². The third kappa shape index (κ3) is 3.32. The number of nitrogens with two attached hydrogens (primary N) is 1. The van der Waals surface area contributed by atoms with Gasteiger partial charge in [0, 0.05) is 10.6 Å². The molecule has 0 aliphatic heterocycles. The quantitative estimate of drug-likeness (QED) is 0.515. The monoisotopic (exact) mass is 279 g/mol. The maximum absolute atomic E-state index is 5.91. The van der Waals surface area contributed by atoms with E-state index in [0.717, 1.165) is 5.56 Å². The molecule has 92 valence electrons. The van der Waals surface area contributed by atoms with Crippen LogP contribution in [-0.4, -0.2) is 11.3 Å². The first-order chi connectivity index (χ1) is 8.65. The highest BCUT2D eigenvalue weighted by Crippen LogP contribution is 2.24. The zero-order chi connectivity index (χ0) is 13.0. The van der Waals surface area contributed by atoms with E-state index in [1.165, 1.54) is 6.21 Å². The molecule has 2 aromatic rings. The van der Waals surface area contributed by atoms with Crippen molar-refractivity contribution >= 4 is 35.1 Å². The van der Waals surface area contributed by atoms with Gasteiger partial charge in [0.25, 0.3) is 0 Å². The van der Waals surface area contributed by atoms with Gasteiger partial charge in [0.15, 0.2) is 5.11 Å². The van der Waals surface area contributed by atoms with Crippen LogP contribution in [-0.2, 0) is 0 Å². The Morgan fingerprint density at radius 1 is 1.39 bits per heavy atom. The molecule has 0 amide bonds. The predicted octanol–water partition coefficient (Wildman–Crippen LogP) is 2.77. The fourth-order valence-electron chi connectivity index (χ4n) is 1.38. The highest BCUT2D eigenvalue weighted by Gasteiger charge is 2.03. The number of thiocarbonyl (C=S) groups is 1. The van der Waals surface area contributed by atoms with Gasteiger partial charge in [-0.25, -0.2) is 0 Å². The lowest BCUT2D eigenvalue weighted by Crippen LogP contribution is -2.23. The summed E-state index contributed by atoms with van der Waals surface area (Å²) in [4.78, 5) is 0. The minimum atomic E-state index is 0.105. The first-order valence-corrected chi connectivity index (χ1v) is 5.88. The van der Waals surface area contributed by atoms with Gasteiger partial charge < -0.3 is 10.2 Å². The van der Waals surface area contributed by atoms with Crippen molar-refractivity contribution in [3.8, 4) is 11.3 Å². The standard InChI is InChI=1S/C12H10ClN3OS/c13-9-3-1-2-8(6-9)11-5-4-10(17-11)7-15-16-12(14)18/h1-7H,(H3,14,16,18)/b15-7+. The number of nitrogens with one attached hydrogen (secondary N) is 1. The molecule has 6 heteroatoms. The van der Waals surface area contributed by atoms with E-state index in [9.17, 15) is 0 Å². The van der Waals surface area contributed by atoms with Crippen LogP contribution in [0.3, 0.4) is 0 Å². The number of hydrogen-bond acceptors (Lipinski definition) is 3. The largest absolute Gasteiger partial charge is 0.455 e. The van der Waals surface area contributed by atoms with Crippen molar-refractivity contribution in [1.29, 1.82) is 0 Å². The molecule has 0 spiro atoms. The number of nitrogens with zero attached hydrogens (tertiary/aromatic N) is 1. The maximum Gasteiger partial charge on any atom is 0.184 e. The molecule has 0 saturated carbocycles. The Kier molecular flexibility index (Phi) is 3.96. The Bertz CT molecular complexity index is 595. The molecule has 0 bridgehead atoms. The summed E-state index contributed by atoms with van der Waals surface area (Å²) in [6.07, 6.45) is 1.49.